The number of ether oxygens (including phenoxy) is 2. The third-order valence-corrected chi connectivity index (χ3v) is 3.39. The molecule has 0 aliphatic carbocycles. The Labute approximate surface area is 137 Å². The maximum atomic E-state index is 12.6. The first-order valence-electron chi connectivity index (χ1n) is 6.76. The Hall–Kier alpha value is -2.94. The number of nitrogens with one attached hydrogen (secondary N) is 1. The van der Waals surface area contributed by atoms with Gasteiger partial charge in [0, 0.05) is 23.3 Å². The van der Waals surface area contributed by atoms with E-state index in [1.165, 1.54) is 50.6 Å². The van der Waals surface area contributed by atoms with Crippen LogP contribution in [0.25, 0.3) is 0 Å². The molecule has 126 valence electrons. The van der Waals surface area contributed by atoms with Crippen molar-refractivity contribution in [3.05, 3.63) is 58.3 Å². The van der Waals surface area contributed by atoms with Crippen molar-refractivity contribution in [2.24, 2.45) is 0 Å². The molecule has 0 saturated heterocycles. The number of benzene rings is 2. The molecule has 0 aliphatic heterocycles. The average Bonchev–Trinajstić information content (AvgIpc) is 2.59. The van der Waals surface area contributed by atoms with E-state index in [0.29, 0.717) is 0 Å². The van der Waals surface area contributed by atoms with Crippen molar-refractivity contribution in [3.8, 4) is 11.5 Å². The van der Waals surface area contributed by atoms with Gasteiger partial charge in [0.1, 0.15) is 0 Å². The van der Waals surface area contributed by atoms with Gasteiger partial charge >= 0.3 is 5.97 Å². The van der Waals surface area contributed by atoms with Gasteiger partial charge in [-0.2, -0.15) is 5.23 Å². The molecule has 24 heavy (non-hydrogen) atoms. The summed E-state index contributed by atoms with van der Waals surface area (Å²) in [7, 11) is 2.73. The summed E-state index contributed by atoms with van der Waals surface area (Å²) >= 11 is 0. The minimum Gasteiger partial charge on any atom is -0.595 e. The summed E-state index contributed by atoms with van der Waals surface area (Å²) in [5.74, 6) is -1.45. The highest BCUT2D eigenvalue weighted by atomic mass is 16.8. The van der Waals surface area contributed by atoms with Crippen molar-refractivity contribution in [1.29, 1.82) is 0 Å². The maximum Gasteiger partial charge on any atom is 0.336 e. The largest absolute Gasteiger partial charge is 0.595 e. The molecule has 2 rings (SSSR count). The first kappa shape index (κ1) is 17.4. The summed E-state index contributed by atoms with van der Waals surface area (Å²) in [6.07, 6.45) is 0. The Balaban J connectivity index is 2.53. The zero-order chi connectivity index (χ0) is 17.9. The second kappa shape index (κ2) is 7.09. The van der Waals surface area contributed by atoms with E-state index in [2.05, 4.69) is 0 Å². The first-order chi connectivity index (χ1) is 11.4. The molecule has 0 heterocycles. The average molecular weight is 333 g/mol. The fraction of sp³-hybridized carbons (Fsp3) is 0.125. The lowest BCUT2D eigenvalue weighted by molar-refractivity contribution is -0.991. The lowest BCUT2D eigenvalue weighted by Gasteiger charge is -2.13. The Morgan fingerprint density at radius 3 is 1.92 bits per heavy atom. The van der Waals surface area contributed by atoms with Crippen LogP contribution in [0.4, 0.5) is 5.69 Å². The highest BCUT2D eigenvalue weighted by Crippen LogP contribution is 2.31. The van der Waals surface area contributed by atoms with Gasteiger partial charge in [-0.15, -0.1) is 0 Å². The second-order valence-corrected chi connectivity index (χ2v) is 4.77. The summed E-state index contributed by atoms with van der Waals surface area (Å²) in [4.78, 5) is 24.1. The van der Waals surface area contributed by atoms with E-state index in [1.54, 1.807) is 0 Å². The summed E-state index contributed by atoms with van der Waals surface area (Å²) in [5.41, 5.74) is -0.129. The van der Waals surface area contributed by atoms with Crippen LogP contribution in [-0.2, 0) is 0 Å². The van der Waals surface area contributed by atoms with E-state index in [0.717, 1.165) is 0 Å². The topological polar surface area (TPSA) is 121 Å². The Kier molecular flexibility index (Phi) is 5.14. The molecule has 0 fully saturated rings. The van der Waals surface area contributed by atoms with Crippen LogP contribution >= 0.6 is 0 Å². The van der Waals surface area contributed by atoms with Crippen LogP contribution in [0, 0.1) is 5.21 Å². The van der Waals surface area contributed by atoms with Gasteiger partial charge in [-0.25, -0.2) is 10.0 Å². The predicted molar refractivity (Wildman–Crippen MR) is 82.2 cm³/mol. The van der Waals surface area contributed by atoms with Crippen molar-refractivity contribution in [3.63, 3.8) is 0 Å². The number of carbonyl (C=O) groups excluding carboxylic acids is 1. The number of methoxy groups -OCH3 is 2. The first-order valence-corrected chi connectivity index (χ1v) is 6.76. The van der Waals surface area contributed by atoms with Gasteiger partial charge in [-0.05, 0) is 24.3 Å². The van der Waals surface area contributed by atoms with Crippen LogP contribution in [0.1, 0.15) is 26.3 Å². The molecule has 3 N–H and O–H groups in total. The molecule has 0 spiro atoms. The molecular weight excluding hydrogens is 318 g/mol. The van der Waals surface area contributed by atoms with E-state index in [1.807, 2.05) is 0 Å². The molecule has 2 aromatic rings. The van der Waals surface area contributed by atoms with E-state index in [9.17, 15) is 19.9 Å². The van der Waals surface area contributed by atoms with Crippen LogP contribution in [0.2, 0.25) is 0 Å². The van der Waals surface area contributed by atoms with E-state index < -0.39 is 17.0 Å². The van der Waals surface area contributed by atoms with Gasteiger partial charge in [-0.1, -0.05) is 0 Å². The number of aromatic carboxylic acids is 1. The van der Waals surface area contributed by atoms with Crippen LogP contribution in [0.3, 0.4) is 0 Å². The molecule has 0 radical (unpaired) electrons. The number of hydrogen-bond acceptors (Lipinski definition) is 6. The second-order valence-electron chi connectivity index (χ2n) is 4.77. The van der Waals surface area contributed by atoms with E-state index in [-0.39, 0.29) is 33.9 Å². The standard InChI is InChI=1S/C16H15NO7/c1-23-13-7-11(12(16(19)20)8-14(13)24-2)15(18)9-3-5-10(6-4-9)17(21)22/h3-8,17,21H,1-2H3,(H,19,20). The number of carboxylic acids is 1. The third kappa shape index (κ3) is 3.35. The number of quaternary nitrogens is 1. The molecule has 0 saturated carbocycles. The van der Waals surface area contributed by atoms with E-state index in [4.69, 9.17) is 14.7 Å². The van der Waals surface area contributed by atoms with Crippen molar-refractivity contribution in [2.45, 2.75) is 0 Å². The van der Waals surface area contributed by atoms with Crippen LogP contribution < -0.4 is 14.7 Å². The lowest BCUT2D eigenvalue weighted by Crippen LogP contribution is -2.99. The van der Waals surface area contributed by atoms with Gasteiger partial charge in [-0.3, -0.25) is 4.79 Å². The van der Waals surface area contributed by atoms with Gasteiger partial charge in [0.2, 0.25) is 0 Å². The zero-order valence-electron chi connectivity index (χ0n) is 12.9. The molecular formula is C16H15NO7. The summed E-state index contributed by atoms with van der Waals surface area (Å²) < 4.78 is 10.1. The fourth-order valence-electron chi connectivity index (χ4n) is 2.16. The third-order valence-electron chi connectivity index (χ3n) is 3.39. The molecule has 1 unspecified atom stereocenters. The number of ketones is 1. The van der Waals surface area contributed by atoms with Gasteiger partial charge in [0.05, 0.1) is 19.8 Å². The molecule has 8 nitrogen and oxygen atoms in total. The van der Waals surface area contributed by atoms with Crippen molar-refractivity contribution in [2.75, 3.05) is 14.2 Å². The summed E-state index contributed by atoms with van der Waals surface area (Å²) in [6, 6.07) is 7.70. The Morgan fingerprint density at radius 2 is 1.50 bits per heavy atom. The van der Waals surface area contributed by atoms with Gasteiger partial charge in [0.25, 0.3) is 0 Å². The molecule has 0 aliphatic rings. The summed E-state index contributed by atoms with van der Waals surface area (Å²) in [5, 5.41) is 28.0. The molecule has 0 bridgehead atoms. The van der Waals surface area contributed by atoms with Crippen molar-refractivity contribution in [1.82, 2.24) is 0 Å². The predicted octanol–water partition coefficient (Wildman–Crippen LogP) is 1.04. The molecule has 0 amide bonds. The number of hydrogen-bond donors (Lipinski definition) is 3. The molecule has 1 atom stereocenters. The Morgan fingerprint density at radius 1 is 1.00 bits per heavy atom. The minimum absolute atomic E-state index is 0.0253. The highest BCUT2D eigenvalue weighted by Gasteiger charge is 2.22. The smallest absolute Gasteiger partial charge is 0.336 e. The maximum absolute atomic E-state index is 12.6. The van der Waals surface area contributed by atoms with Crippen LogP contribution in [0.5, 0.6) is 11.5 Å². The SMILES string of the molecule is COc1cc(C(=O)O)c(C(=O)c2ccc([NH+]([O-])O)cc2)cc1OC. The number of rotatable bonds is 6. The Bertz CT molecular complexity index is 769. The number of carbonyl (C=O) groups is 2. The monoisotopic (exact) mass is 333 g/mol. The molecule has 8 heteroatoms. The van der Waals surface area contributed by atoms with Crippen LogP contribution in [-0.4, -0.2) is 36.3 Å². The summed E-state index contributed by atoms with van der Waals surface area (Å²) in [6.45, 7) is 0. The highest BCUT2D eigenvalue weighted by molar-refractivity contribution is 6.14. The zero-order valence-corrected chi connectivity index (χ0v) is 12.9. The molecule has 0 aromatic heterocycles. The lowest BCUT2D eigenvalue weighted by atomic mass is 9.97. The van der Waals surface area contributed by atoms with Gasteiger partial charge in [0.15, 0.2) is 23.0 Å². The van der Waals surface area contributed by atoms with Crippen molar-refractivity contribution < 1.29 is 34.6 Å². The fourth-order valence-corrected chi connectivity index (χ4v) is 2.16. The quantitative estimate of drug-likeness (QED) is 0.533. The van der Waals surface area contributed by atoms with Crippen LogP contribution in [0.15, 0.2) is 36.4 Å². The minimum atomic E-state index is -1.29. The van der Waals surface area contributed by atoms with E-state index >= 15 is 0 Å². The van der Waals surface area contributed by atoms with Crippen molar-refractivity contribution >= 4 is 17.4 Å². The normalized spacial score (nSPS) is 11.7. The number of carboxylic acid groups (broad SMARTS) is 1. The van der Waals surface area contributed by atoms with Gasteiger partial charge < -0.3 is 19.8 Å². The molecule has 2 aromatic carbocycles.